The molecule has 1 aromatic rings. The second kappa shape index (κ2) is 4.70. The summed E-state index contributed by atoms with van der Waals surface area (Å²) in [5.74, 6) is -0.785. The average Bonchev–Trinajstić information content (AvgIpc) is 2.88. The van der Waals surface area contributed by atoms with Crippen molar-refractivity contribution < 1.29 is 19.1 Å². The Kier molecular flexibility index (Phi) is 3.12. The molecule has 1 amide bonds. The Labute approximate surface area is 117 Å². The minimum atomic E-state index is -0.594. The molecule has 2 aliphatic heterocycles. The van der Waals surface area contributed by atoms with Crippen LogP contribution in [-0.2, 0) is 14.3 Å². The first-order valence-electron chi connectivity index (χ1n) is 6.55. The van der Waals surface area contributed by atoms with Crippen molar-refractivity contribution in [2.45, 2.75) is 25.7 Å². The summed E-state index contributed by atoms with van der Waals surface area (Å²) in [6.07, 6.45) is -0.186. The molecule has 0 aliphatic carbocycles. The van der Waals surface area contributed by atoms with Crippen molar-refractivity contribution in [2.75, 3.05) is 13.2 Å². The first kappa shape index (κ1) is 13.3. The van der Waals surface area contributed by atoms with Crippen molar-refractivity contribution in [2.24, 2.45) is 0 Å². The second-order valence-corrected chi connectivity index (χ2v) is 5.34. The molecule has 0 aromatic heterocycles. The first-order valence-corrected chi connectivity index (χ1v) is 6.55. The van der Waals surface area contributed by atoms with Gasteiger partial charge in [0, 0.05) is 5.56 Å². The molecule has 0 saturated carbocycles. The number of benzene rings is 1. The molecule has 1 unspecified atom stereocenters. The third-order valence-electron chi connectivity index (χ3n) is 3.35. The van der Waals surface area contributed by atoms with Crippen LogP contribution < -0.4 is 0 Å². The molecule has 1 atom stereocenters. The molecule has 2 aliphatic rings. The van der Waals surface area contributed by atoms with Gasteiger partial charge in [-0.1, -0.05) is 24.8 Å². The van der Waals surface area contributed by atoms with E-state index >= 15 is 0 Å². The Balaban J connectivity index is 1.66. The molecule has 0 spiro atoms. The van der Waals surface area contributed by atoms with E-state index in [1.54, 1.807) is 6.07 Å². The number of carbonyl (C=O) groups excluding carboxylic acids is 1. The van der Waals surface area contributed by atoms with Crippen molar-refractivity contribution in [1.29, 1.82) is 0 Å². The van der Waals surface area contributed by atoms with Gasteiger partial charge in [0.2, 0.25) is 0 Å². The number of amides is 1. The third kappa shape index (κ3) is 2.24. The summed E-state index contributed by atoms with van der Waals surface area (Å²) in [5, 5.41) is 1.24. The largest absolute Gasteiger partial charge is 0.348 e. The predicted molar refractivity (Wildman–Crippen MR) is 72.5 cm³/mol. The lowest BCUT2D eigenvalue weighted by atomic mass is 10.1. The number of hydrogen-bond donors (Lipinski definition) is 0. The number of hydroxylamine groups is 2. The van der Waals surface area contributed by atoms with Gasteiger partial charge in [0.1, 0.15) is 12.7 Å². The normalized spacial score (nSPS) is 24.3. The standard InChI is InChI=1S/C15H17NO4/c1-10-12-6-4-5-7-13(12)14(17)16(10)19-9-11-8-18-15(2,3)20-11/h4-7,11H,1,8-9H2,2-3H3. The third-order valence-corrected chi connectivity index (χ3v) is 3.35. The maximum atomic E-state index is 12.2. The molecular formula is C15H17NO4. The summed E-state index contributed by atoms with van der Waals surface area (Å²) in [5.41, 5.74) is 1.98. The van der Waals surface area contributed by atoms with Crippen LogP contribution in [0.3, 0.4) is 0 Å². The SMILES string of the molecule is C=C1c2ccccc2C(=O)N1OCC1COC(C)(C)O1. The molecule has 0 radical (unpaired) electrons. The topological polar surface area (TPSA) is 48.0 Å². The van der Waals surface area contributed by atoms with Gasteiger partial charge < -0.3 is 9.47 Å². The first-order chi connectivity index (χ1) is 9.48. The molecule has 106 valence electrons. The summed E-state index contributed by atoms with van der Waals surface area (Å²) < 4.78 is 11.1. The van der Waals surface area contributed by atoms with Crippen LogP contribution in [0.2, 0.25) is 0 Å². The van der Waals surface area contributed by atoms with Crippen LogP contribution in [0.15, 0.2) is 30.8 Å². The number of carbonyl (C=O) groups is 1. The van der Waals surface area contributed by atoms with E-state index < -0.39 is 5.79 Å². The number of hydrogen-bond acceptors (Lipinski definition) is 4. The van der Waals surface area contributed by atoms with Gasteiger partial charge in [-0.3, -0.25) is 9.63 Å². The van der Waals surface area contributed by atoms with Crippen LogP contribution in [0.5, 0.6) is 0 Å². The lowest BCUT2D eigenvalue weighted by molar-refractivity contribution is -0.161. The van der Waals surface area contributed by atoms with Gasteiger partial charge in [-0.2, -0.15) is 5.06 Å². The smallest absolute Gasteiger partial charge is 0.282 e. The van der Waals surface area contributed by atoms with E-state index in [9.17, 15) is 4.79 Å². The van der Waals surface area contributed by atoms with Crippen LogP contribution in [0.1, 0.15) is 29.8 Å². The minimum absolute atomic E-state index is 0.186. The lowest BCUT2D eigenvalue weighted by Crippen LogP contribution is -2.30. The Hall–Kier alpha value is -1.69. The van der Waals surface area contributed by atoms with Crippen LogP contribution in [-0.4, -0.2) is 36.1 Å². The number of nitrogens with zero attached hydrogens (tertiary/aromatic N) is 1. The van der Waals surface area contributed by atoms with E-state index in [1.165, 1.54) is 5.06 Å². The summed E-state index contributed by atoms with van der Waals surface area (Å²) in [7, 11) is 0. The highest BCUT2D eigenvalue weighted by Crippen LogP contribution is 2.32. The fourth-order valence-electron chi connectivity index (χ4n) is 2.40. The fourth-order valence-corrected chi connectivity index (χ4v) is 2.40. The molecule has 1 saturated heterocycles. The van der Waals surface area contributed by atoms with Crippen LogP contribution >= 0.6 is 0 Å². The monoisotopic (exact) mass is 275 g/mol. The quantitative estimate of drug-likeness (QED) is 0.848. The van der Waals surface area contributed by atoms with Crippen LogP contribution in [0.4, 0.5) is 0 Å². The number of fused-ring (bicyclic) bond motifs is 1. The Morgan fingerprint density at radius 1 is 1.40 bits per heavy atom. The van der Waals surface area contributed by atoms with Crippen molar-refractivity contribution in [3.05, 3.63) is 42.0 Å². The highest BCUT2D eigenvalue weighted by atomic mass is 16.8. The summed E-state index contributed by atoms with van der Waals surface area (Å²) in [4.78, 5) is 17.8. The minimum Gasteiger partial charge on any atom is -0.348 e. The Morgan fingerprint density at radius 3 is 2.70 bits per heavy atom. The van der Waals surface area contributed by atoms with E-state index in [-0.39, 0.29) is 18.6 Å². The Bertz CT molecular complexity index is 532. The van der Waals surface area contributed by atoms with Gasteiger partial charge in [-0.15, -0.1) is 0 Å². The predicted octanol–water partition coefficient (Wildman–Crippen LogP) is 2.20. The average molecular weight is 275 g/mol. The van der Waals surface area contributed by atoms with E-state index in [1.807, 2.05) is 32.0 Å². The van der Waals surface area contributed by atoms with E-state index in [4.69, 9.17) is 14.3 Å². The van der Waals surface area contributed by atoms with Crippen molar-refractivity contribution in [3.8, 4) is 0 Å². The highest BCUT2D eigenvalue weighted by Gasteiger charge is 2.36. The zero-order chi connectivity index (χ0) is 14.3. The number of rotatable bonds is 3. The lowest BCUT2D eigenvalue weighted by Gasteiger charge is -2.20. The second-order valence-electron chi connectivity index (χ2n) is 5.34. The van der Waals surface area contributed by atoms with E-state index in [0.717, 1.165) is 5.56 Å². The summed E-state index contributed by atoms with van der Waals surface area (Å²) in [6.45, 7) is 8.31. The zero-order valence-corrected chi connectivity index (χ0v) is 11.6. The van der Waals surface area contributed by atoms with Gasteiger partial charge >= 0.3 is 0 Å². The molecule has 5 heteroatoms. The van der Waals surface area contributed by atoms with Crippen LogP contribution in [0, 0.1) is 0 Å². The van der Waals surface area contributed by atoms with Gasteiger partial charge in [0.05, 0.1) is 17.9 Å². The Morgan fingerprint density at radius 2 is 2.10 bits per heavy atom. The fraction of sp³-hybridized carbons (Fsp3) is 0.400. The number of ether oxygens (including phenoxy) is 2. The molecule has 1 fully saturated rings. The van der Waals surface area contributed by atoms with Crippen molar-refractivity contribution in [3.63, 3.8) is 0 Å². The van der Waals surface area contributed by atoms with Crippen LogP contribution in [0.25, 0.3) is 5.70 Å². The van der Waals surface area contributed by atoms with Gasteiger partial charge in [0.25, 0.3) is 5.91 Å². The summed E-state index contributed by atoms with van der Waals surface area (Å²) >= 11 is 0. The molecule has 0 bridgehead atoms. The van der Waals surface area contributed by atoms with Gasteiger partial charge in [-0.05, 0) is 19.9 Å². The molecule has 5 nitrogen and oxygen atoms in total. The molecule has 2 heterocycles. The molecule has 0 N–H and O–H groups in total. The maximum Gasteiger partial charge on any atom is 0.282 e. The van der Waals surface area contributed by atoms with Crippen molar-refractivity contribution >= 4 is 11.6 Å². The van der Waals surface area contributed by atoms with E-state index in [0.29, 0.717) is 17.9 Å². The van der Waals surface area contributed by atoms with E-state index in [2.05, 4.69) is 6.58 Å². The summed E-state index contributed by atoms with van der Waals surface area (Å²) in [6, 6.07) is 7.32. The molecular weight excluding hydrogens is 258 g/mol. The zero-order valence-electron chi connectivity index (χ0n) is 11.6. The van der Waals surface area contributed by atoms with Gasteiger partial charge in [0.15, 0.2) is 5.79 Å². The molecule has 20 heavy (non-hydrogen) atoms. The molecule has 3 rings (SSSR count). The maximum absolute atomic E-state index is 12.2. The van der Waals surface area contributed by atoms with Crippen molar-refractivity contribution in [1.82, 2.24) is 5.06 Å². The highest BCUT2D eigenvalue weighted by molar-refractivity contribution is 6.07. The van der Waals surface area contributed by atoms with Gasteiger partial charge in [-0.25, -0.2) is 0 Å². The molecule has 1 aromatic carbocycles.